The number of benzene rings is 1. The maximum Gasteiger partial charge on any atom is 0.416 e. The first kappa shape index (κ1) is 18.2. The van der Waals surface area contributed by atoms with Gasteiger partial charge in [-0.05, 0) is 38.7 Å². The van der Waals surface area contributed by atoms with Crippen molar-refractivity contribution < 1.29 is 19.1 Å². The van der Waals surface area contributed by atoms with Crippen molar-refractivity contribution in [3.05, 3.63) is 35.4 Å². The second-order valence-corrected chi connectivity index (χ2v) is 6.45. The number of amides is 2. The van der Waals surface area contributed by atoms with E-state index in [0.29, 0.717) is 6.42 Å². The number of ether oxygens (including phenoxy) is 1. The van der Waals surface area contributed by atoms with Crippen LogP contribution >= 0.6 is 0 Å². The third-order valence-electron chi connectivity index (χ3n) is 4.23. The molecule has 0 unspecified atom stereocenters. The predicted molar refractivity (Wildman–Crippen MR) is 90.6 cm³/mol. The summed E-state index contributed by atoms with van der Waals surface area (Å²) in [4.78, 5) is 36.3. The van der Waals surface area contributed by atoms with Crippen LogP contribution in [0, 0.1) is 6.92 Å². The fourth-order valence-corrected chi connectivity index (χ4v) is 2.91. The maximum absolute atomic E-state index is 12.2. The Morgan fingerprint density at radius 3 is 2.54 bits per heavy atom. The van der Waals surface area contributed by atoms with Gasteiger partial charge in [0, 0.05) is 12.8 Å². The Labute approximate surface area is 143 Å². The number of nitrogens with zero attached hydrogens (tertiary/aromatic N) is 1. The molecule has 1 atom stereocenters. The van der Waals surface area contributed by atoms with Crippen LogP contribution in [0.25, 0.3) is 0 Å². The van der Waals surface area contributed by atoms with Gasteiger partial charge in [-0.1, -0.05) is 36.2 Å². The van der Waals surface area contributed by atoms with Crippen LogP contribution in [0.3, 0.4) is 0 Å². The van der Waals surface area contributed by atoms with E-state index in [4.69, 9.17) is 4.74 Å². The lowest BCUT2D eigenvalue weighted by Crippen LogP contribution is -2.39. The smallest absolute Gasteiger partial charge is 0.416 e. The molecule has 1 aliphatic rings. The Morgan fingerprint density at radius 1 is 1.17 bits per heavy atom. The molecule has 0 saturated carbocycles. The minimum atomic E-state index is -0.620. The number of aryl methyl sites for hydroxylation is 2. The standard InChI is InChI=1S/C19H25NO4/c1-14-8-10-16(11-9-14)6-4-3-5-7-18(22)20-17(12-15(2)21)13-24-19(20)23/h8-11,17H,3-7,12-13H2,1-2H3/t17-/m1/s1. The Balaban J connectivity index is 1.71. The van der Waals surface area contributed by atoms with Crippen molar-refractivity contribution in [3.63, 3.8) is 0 Å². The lowest BCUT2D eigenvalue weighted by molar-refractivity contribution is -0.129. The van der Waals surface area contributed by atoms with Gasteiger partial charge in [0.2, 0.25) is 5.91 Å². The summed E-state index contributed by atoms with van der Waals surface area (Å²) in [6.07, 6.45) is 3.54. The highest BCUT2D eigenvalue weighted by Crippen LogP contribution is 2.18. The van der Waals surface area contributed by atoms with E-state index in [2.05, 4.69) is 31.2 Å². The van der Waals surface area contributed by atoms with Crippen LogP contribution in [-0.4, -0.2) is 35.3 Å². The number of cyclic esters (lactones) is 1. The summed E-state index contributed by atoms with van der Waals surface area (Å²) in [5.74, 6) is -0.284. The molecule has 1 aliphatic heterocycles. The molecule has 24 heavy (non-hydrogen) atoms. The third-order valence-corrected chi connectivity index (χ3v) is 4.23. The second-order valence-electron chi connectivity index (χ2n) is 6.45. The zero-order valence-electron chi connectivity index (χ0n) is 14.4. The largest absolute Gasteiger partial charge is 0.447 e. The molecule has 0 spiro atoms. The minimum Gasteiger partial charge on any atom is -0.447 e. The first-order chi connectivity index (χ1) is 11.5. The van der Waals surface area contributed by atoms with Gasteiger partial charge in [-0.15, -0.1) is 0 Å². The number of unbranched alkanes of at least 4 members (excludes halogenated alkanes) is 2. The number of rotatable bonds is 8. The van der Waals surface area contributed by atoms with Crippen LogP contribution in [0.5, 0.6) is 0 Å². The number of Topliss-reactive ketones (excluding diaryl/α,β-unsaturated/α-hetero) is 1. The predicted octanol–water partition coefficient (Wildman–Crippen LogP) is 3.42. The van der Waals surface area contributed by atoms with Crippen LogP contribution in [0.15, 0.2) is 24.3 Å². The molecule has 0 aromatic heterocycles. The molecule has 0 N–H and O–H groups in total. The maximum atomic E-state index is 12.2. The van der Waals surface area contributed by atoms with E-state index in [1.165, 1.54) is 18.1 Å². The summed E-state index contributed by atoms with van der Waals surface area (Å²) >= 11 is 0. The van der Waals surface area contributed by atoms with Gasteiger partial charge in [-0.2, -0.15) is 0 Å². The Bertz CT molecular complexity index is 594. The molecule has 130 valence electrons. The molecule has 0 radical (unpaired) electrons. The van der Waals surface area contributed by atoms with Crippen molar-refractivity contribution in [2.45, 2.75) is 58.4 Å². The number of carbonyl (C=O) groups is 3. The monoisotopic (exact) mass is 331 g/mol. The van der Waals surface area contributed by atoms with Crippen molar-refractivity contribution in [2.24, 2.45) is 0 Å². The second kappa shape index (κ2) is 8.62. The molecule has 0 aliphatic carbocycles. The zero-order chi connectivity index (χ0) is 17.5. The van der Waals surface area contributed by atoms with Gasteiger partial charge in [0.25, 0.3) is 0 Å². The van der Waals surface area contributed by atoms with E-state index in [-0.39, 0.29) is 24.7 Å². The molecule has 1 aromatic rings. The minimum absolute atomic E-state index is 0.0470. The van der Waals surface area contributed by atoms with Gasteiger partial charge >= 0.3 is 6.09 Å². The van der Waals surface area contributed by atoms with Crippen molar-refractivity contribution >= 4 is 17.8 Å². The van der Waals surface area contributed by atoms with Crippen LogP contribution < -0.4 is 0 Å². The van der Waals surface area contributed by atoms with Crippen molar-refractivity contribution in [3.8, 4) is 0 Å². The molecule has 5 nitrogen and oxygen atoms in total. The zero-order valence-corrected chi connectivity index (χ0v) is 14.4. The first-order valence-electron chi connectivity index (χ1n) is 8.51. The number of hydrogen-bond donors (Lipinski definition) is 0. The molecule has 0 bridgehead atoms. The van der Waals surface area contributed by atoms with E-state index in [1.807, 2.05) is 0 Å². The van der Waals surface area contributed by atoms with Gasteiger partial charge in [-0.3, -0.25) is 9.59 Å². The highest BCUT2D eigenvalue weighted by molar-refractivity contribution is 5.94. The number of ketones is 1. The molecule has 2 rings (SSSR count). The molecule has 1 heterocycles. The van der Waals surface area contributed by atoms with Gasteiger partial charge in [0.1, 0.15) is 12.4 Å². The molecule has 1 aromatic carbocycles. The highest BCUT2D eigenvalue weighted by atomic mass is 16.6. The van der Waals surface area contributed by atoms with E-state index in [0.717, 1.165) is 30.6 Å². The van der Waals surface area contributed by atoms with E-state index < -0.39 is 12.1 Å². The molecule has 5 heteroatoms. The summed E-state index contributed by atoms with van der Waals surface area (Å²) in [7, 11) is 0. The lowest BCUT2D eigenvalue weighted by atomic mass is 10.0. The van der Waals surface area contributed by atoms with E-state index >= 15 is 0 Å². The van der Waals surface area contributed by atoms with E-state index in [1.54, 1.807) is 0 Å². The first-order valence-corrected chi connectivity index (χ1v) is 8.51. The summed E-state index contributed by atoms with van der Waals surface area (Å²) in [5.41, 5.74) is 2.55. The molecular formula is C19H25NO4. The average Bonchev–Trinajstić information content (AvgIpc) is 2.88. The summed E-state index contributed by atoms with van der Waals surface area (Å²) in [6.45, 7) is 3.65. The van der Waals surface area contributed by atoms with Crippen LogP contribution in [0.2, 0.25) is 0 Å². The lowest BCUT2D eigenvalue weighted by Gasteiger charge is -2.18. The number of hydrogen-bond acceptors (Lipinski definition) is 4. The Kier molecular flexibility index (Phi) is 6.53. The van der Waals surface area contributed by atoms with Crippen molar-refractivity contribution in [1.82, 2.24) is 4.90 Å². The molecule has 1 saturated heterocycles. The quantitative estimate of drug-likeness (QED) is 0.685. The number of carbonyl (C=O) groups excluding carboxylic acids is 3. The fraction of sp³-hybridized carbons (Fsp3) is 0.526. The van der Waals surface area contributed by atoms with Crippen molar-refractivity contribution in [1.29, 1.82) is 0 Å². The SMILES string of the molecule is CC(=O)C[C@@H]1COC(=O)N1C(=O)CCCCCc1ccc(C)cc1. The summed E-state index contributed by atoms with van der Waals surface area (Å²) < 4.78 is 4.91. The molecule has 2 amide bonds. The molecule has 1 fully saturated rings. The molecular weight excluding hydrogens is 306 g/mol. The van der Waals surface area contributed by atoms with Gasteiger partial charge in [0.05, 0.1) is 6.04 Å². The normalized spacial score (nSPS) is 17.0. The van der Waals surface area contributed by atoms with Gasteiger partial charge in [-0.25, -0.2) is 9.69 Å². The Morgan fingerprint density at radius 2 is 1.88 bits per heavy atom. The van der Waals surface area contributed by atoms with Gasteiger partial charge < -0.3 is 4.74 Å². The van der Waals surface area contributed by atoms with Gasteiger partial charge in [0.15, 0.2) is 0 Å². The van der Waals surface area contributed by atoms with Crippen molar-refractivity contribution in [2.75, 3.05) is 6.61 Å². The van der Waals surface area contributed by atoms with E-state index in [9.17, 15) is 14.4 Å². The Hall–Kier alpha value is -2.17. The topological polar surface area (TPSA) is 63.7 Å². The van der Waals surface area contributed by atoms with Crippen LogP contribution in [0.1, 0.15) is 50.2 Å². The average molecular weight is 331 g/mol. The summed E-state index contributed by atoms with van der Waals surface area (Å²) in [6, 6.07) is 8.04. The summed E-state index contributed by atoms with van der Waals surface area (Å²) in [5, 5.41) is 0. The highest BCUT2D eigenvalue weighted by Gasteiger charge is 2.37. The fourth-order valence-electron chi connectivity index (χ4n) is 2.91. The van der Waals surface area contributed by atoms with Crippen LogP contribution in [0.4, 0.5) is 4.79 Å². The third kappa shape index (κ3) is 5.18. The van der Waals surface area contributed by atoms with Crippen LogP contribution in [-0.2, 0) is 20.7 Å². The number of imide groups is 1.